The van der Waals surface area contributed by atoms with Gasteiger partial charge < -0.3 is 20.3 Å². The summed E-state index contributed by atoms with van der Waals surface area (Å²) in [5.41, 5.74) is 5.70. The van der Waals surface area contributed by atoms with Crippen LogP contribution < -0.4 is 5.73 Å². The molecule has 0 aromatic rings. The van der Waals surface area contributed by atoms with Gasteiger partial charge in [0.15, 0.2) is 0 Å². The molecule has 0 saturated carbocycles. The van der Waals surface area contributed by atoms with Crippen LogP contribution in [-0.2, 0) is 14.3 Å². The molecule has 18 heavy (non-hydrogen) atoms. The maximum Gasteiger partial charge on any atom is 0.241 e. The third-order valence-corrected chi connectivity index (χ3v) is 3.06. The van der Waals surface area contributed by atoms with Gasteiger partial charge in [0, 0.05) is 39.2 Å². The smallest absolute Gasteiger partial charge is 0.241 e. The van der Waals surface area contributed by atoms with Gasteiger partial charge in [0.05, 0.1) is 6.61 Å². The topological polar surface area (TPSA) is 75.9 Å². The summed E-state index contributed by atoms with van der Waals surface area (Å²) in [6, 6.07) is -0.609. The highest BCUT2D eigenvalue weighted by Crippen LogP contribution is 2.08. The summed E-state index contributed by atoms with van der Waals surface area (Å²) in [7, 11) is 1.52. The van der Waals surface area contributed by atoms with Gasteiger partial charge in [-0.2, -0.15) is 0 Å². The van der Waals surface area contributed by atoms with Crippen LogP contribution in [0.25, 0.3) is 0 Å². The number of nitrogens with two attached hydrogens (primary N) is 1. The Hall–Kier alpha value is -1.14. The molecule has 1 heterocycles. The second kappa shape index (κ2) is 6.70. The quantitative estimate of drug-likeness (QED) is 0.721. The molecule has 1 saturated heterocycles. The van der Waals surface area contributed by atoms with Crippen molar-refractivity contribution >= 4 is 11.8 Å². The van der Waals surface area contributed by atoms with E-state index < -0.39 is 6.04 Å². The van der Waals surface area contributed by atoms with E-state index in [1.165, 1.54) is 7.11 Å². The van der Waals surface area contributed by atoms with Crippen LogP contribution in [0.2, 0.25) is 0 Å². The van der Waals surface area contributed by atoms with E-state index in [9.17, 15) is 9.59 Å². The minimum Gasteiger partial charge on any atom is -0.383 e. The molecule has 2 amide bonds. The zero-order valence-corrected chi connectivity index (χ0v) is 11.4. The molecule has 0 aromatic heterocycles. The normalized spacial score (nSPS) is 18.1. The van der Waals surface area contributed by atoms with E-state index in [4.69, 9.17) is 10.5 Å². The third kappa shape index (κ3) is 3.68. The fourth-order valence-corrected chi connectivity index (χ4v) is 2.00. The van der Waals surface area contributed by atoms with Gasteiger partial charge in [0.2, 0.25) is 11.8 Å². The van der Waals surface area contributed by atoms with Crippen LogP contribution in [0.5, 0.6) is 0 Å². The molecule has 6 nitrogen and oxygen atoms in total. The van der Waals surface area contributed by atoms with Crippen LogP contribution in [0.4, 0.5) is 0 Å². The van der Waals surface area contributed by atoms with Gasteiger partial charge in [-0.15, -0.1) is 0 Å². The third-order valence-electron chi connectivity index (χ3n) is 3.06. The molecule has 6 heteroatoms. The number of amides is 2. The number of rotatable bonds is 4. The summed E-state index contributed by atoms with van der Waals surface area (Å²) in [5, 5.41) is 0. The molecular weight excluding hydrogens is 234 g/mol. The molecule has 0 aromatic carbocycles. The first-order valence-corrected chi connectivity index (χ1v) is 6.29. The summed E-state index contributed by atoms with van der Waals surface area (Å²) >= 11 is 0. The average molecular weight is 257 g/mol. The lowest BCUT2D eigenvalue weighted by molar-refractivity contribution is -0.142. The zero-order valence-electron chi connectivity index (χ0n) is 11.4. The maximum absolute atomic E-state index is 11.9. The van der Waals surface area contributed by atoms with Gasteiger partial charge in [-0.1, -0.05) is 13.8 Å². The maximum atomic E-state index is 11.9. The average Bonchev–Trinajstić information content (AvgIpc) is 2.37. The molecule has 1 atom stereocenters. The fourth-order valence-electron chi connectivity index (χ4n) is 2.00. The van der Waals surface area contributed by atoms with Crippen LogP contribution >= 0.6 is 0 Å². The highest BCUT2D eigenvalue weighted by molar-refractivity contribution is 5.82. The summed E-state index contributed by atoms with van der Waals surface area (Å²) in [4.78, 5) is 27.2. The second-order valence-electron chi connectivity index (χ2n) is 4.87. The standard InChI is InChI=1S/C12H23N3O3/c1-9(2)11(16)14-4-6-15(7-5-14)12(17)10(13)8-18-3/h9-10H,4-8,13H2,1-3H3. The van der Waals surface area contributed by atoms with Crippen LogP contribution in [0.3, 0.4) is 0 Å². The van der Waals surface area contributed by atoms with Crippen molar-refractivity contribution in [3.05, 3.63) is 0 Å². The van der Waals surface area contributed by atoms with Crippen molar-refractivity contribution < 1.29 is 14.3 Å². The number of carbonyl (C=O) groups is 2. The lowest BCUT2D eigenvalue weighted by Crippen LogP contribution is -2.55. The van der Waals surface area contributed by atoms with Gasteiger partial charge in [0.1, 0.15) is 6.04 Å². The van der Waals surface area contributed by atoms with E-state index in [0.717, 1.165) is 0 Å². The molecule has 1 unspecified atom stereocenters. The first-order valence-electron chi connectivity index (χ1n) is 6.29. The highest BCUT2D eigenvalue weighted by atomic mass is 16.5. The second-order valence-corrected chi connectivity index (χ2v) is 4.87. The molecule has 0 radical (unpaired) electrons. The molecule has 0 spiro atoms. The molecule has 0 bridgehead atoms. The predicted molar refractivity (Wildman–Crippen MR) is 67.8 cm³/mol. The van der Waals surface area contributed by atoms with Crippen LogP contribution in [-0.4, -0.2) is 67.6 Å². The number of hydrogen-bond acceptors (Lipinski definition) is 4. The molecule has 1 aliphatic rings. The molecular formula is C12H23N3O3. The Balaban J connectivity index is 2.44. The van der Waals surface area contributed by atoms with E-state index in [1.807, 2.05) is 13.8 Å². The zero-order chi connectivity index (χ0) is 13.7. The van der Waals surface area contributed by atoms with E-state index in [-0.39, 0.29) is 24.3 Å². The Labute approximate surface area is 108 Å². The fraction of sp³-hybridized carbons (Fsp3) is 0.833. The van der Waals surface area contributed by atoms with E-state index in [2.05, 4.69) is 0 Å². The Morgan fingerprint density at radius 2 is 1.56 bits per heavy atom. The summed E-state index contributed by atoms with van der Waals surface area (Å²) in [5.74, 6) is 0.0415. The van der Waals surface area contributed by atoms with Crippen molar-refractivity contribution in [1.29, 1.82) is 0 Å². The molecule has 2 N–H and O–H groups in total. The lowest BCUT2D eigenvalue weighted by atomic mass is 10.1. The first kappa shape index (κ1) is 14.9. The van der Waals surface area contributed by atoms with Crippen molar-refractivity contribution in [2.24, 2.45) is 11.7 Å². The Bertz CT molecular complexity index is 299. The Kier molecular flexibility index (Phi) is 5.55. The highest BCUT2D eigenvalue weighted by Gasteiger charge is 2.27. The number of hydrogen-bond donors (Lipinski definition) is 1. The van der Waals surface area contributed by atoms with Gasteiger partial charge in [0.25, 0.3) is 0 Å². The molecule has 1 rings (SSSR count). The van der Waals surface area contributed by atoms with Gasteiger partial charge >= 0.3 is 0 Å². The van der Waals surface area contributed by atoms with Crippen molar-refractivity contribution in [3.8, 4) is 0 Å². The van der Waals surface area contributed by atoms with Gasteiger partial charge in [-0.3, -0.25) is 9.59 Å². The number of nitrogens with zero attached hydrogens (tertiary/aromatic N) is 2. The molecule has 1 fully saturated rings. The van der Waals surface area contributed by atoms with Crippen LogP contribution in [0.15, 0.2) is 0 Å². The Morgan fingerprint density at radius 1 is 1.11 bits per heavy atom. The predicted octanol–water partition coefficient (Wildman–Crippen LogP) is -0.713. The van der Waals surface area contributed by atoms with Crippen molar-refractivity contribution in [3.63, 3.8) is 0 Å². The number of piperazine rings is 1. The molecule has 104 valence electrons. The number of methoxy groups -OCH3 is 1. The van der Waals surface area contributed by atoms with Gasteiger partial charge in [-0.05, 0) is 0 Å². The van der Waals surface area contributed by atoms with E-state index in [1.54, 1.807) is 9.80 Å². The minimum atomic E-state index is -0.609. The van der Waals surface area contributed by atoms with Crippen molar-refractivity contribution in [1.82, 2.24) is 9.80 Å². The van der Waals surface area contributed by atoms with Crippen molar-refractivity contribution in [2.75, 3.05) is 39.9 Å². The largest absolute Gasteiger partial charge is 0.383 e. The van der Waals surface area contributed by atoms with Gasteiger partial charge in [-0.25, -0.2) is 0 Å². The Morgan fingerprint density at radius 3 is 1.94 bits per heavy atom. The van der Waals surface area contributed by atoms with Crippen LogP contribution in [0, 0.1) is 5.92 Å². The van der Waals surface area contributed by atoms with E-state index in [0.29, 0.717) is 26.2 Å². The SMILES string of the molecule is COCC(N)C(=O)N1CCN(C(=O)C(C)C)CC1. The molecule has 0 aliphatic carbocycles. The summed E-state index contributed by atoms with van der Waals surface area (Å²) in [6.45, 7) is 6.26. The molecule has 1 aliphatic heterocycles. The minimum absolute atomic E-state index is 0.00278. The van der Waals surface area contributed by atoms with E-state index >= 15 is 0 Å². The van der Waals surface area contributed by atoms with Crippen molar-refractivity contribution in [2.45, 2.75) is 19.9 Å². The summed E-state index contributed by atoms with van der Waals surface area (Å²) in [6.07, 6.45) is 0. The summed E-state index contributed by atoms with van der Waals surface area (Å²) < 4.78 is 4.87. The number of ether oxygens (including phenoxy) is 1. The monoisotopic (exact) mass is 257 g/mol. The lowest BCUT2D eigenvalue weighted by Gasteiger charge is -2.36. The van der Waals surface area contributed by atoms with Crippen LogP contribution in [0.1, 0.15) is 13.8 Å². The number of carbonyl (C=O) groups excluding carboxylic acids is 2. The first-order chi connectivity index (χ1) is 8.47.